The fourth-order valence-corrected chi connectivity index (χ4v) is 3.58. The Balaban J connectivity index is 1.66. The lowest BCUT2D eigenvalue weighted by Gasteiger charge is -2.21. The minimum atomic E-state index is -0.556. The van der Waals surface area contributed by atoms with E-state index in [1.54, 1.807) is 30.1 Å². The fraction of sp³-hybridized carbons (Fsp3) is 0.273. The molecule has 0 radical (unpaired) electrons. The molecule has 2 aromatic carbocycles. The second-order valence-corrected chi connectivity index (χ2v) is 7.59. The zero-order valence-corrected chi connectivity index (χ0v) is 17.4. The molecular formula is C22H24ClN5O2. The number of carbonyl (C=O) groups excluding carboxylic acids is 2. The highest BCUT2D eigenvalue weighted by Gasteiger charge is 2.28. The Kier molecular flexibility index (Phi) is 7.19. The summed E-state index contributed by atoms with van der Waals surface area (Å²) in [6.45, 7) is 1.97. The van der Waals surface area contributed by atoms with Crippen LogP contribution in [0.3, 0.4) is 0 Å². The first-order valence-electron chi connectivity index (χ1n) is 9.70. The van der Waals surface area contributed by atoms with E-state index in [4.69, 9.17) is 17.3 Å². The molecule has 1 aromatic heterocycles. The molecule has 1 heterocycles. The molecule has 156 valence electrons. The largest absolute Gasteiger partial charge is 0.369 e. The zero-order valence-electron chi connectivity index (χ0n) is 16.7. The van der Waals surface area contributed by atoms with E-state index < -0.39 is 17.7 Å². The molecule has 0 spiro atoms. The van der Waals surface area contributed by atoms with Gasteiger partial charge in [0.15, 0.2) is 0 Å². The summed E-state index contributed by atoms with van der Waals surface area (Å²) >= 11 is 6.13. The van der Waals surface area contributed by atoms with Gasteiger partial charge >= 0.3 is 0 Å². The van der Waals surface area contributed by atoms with E-state index in [1.807, 2.05) is 36.4 Å². The van der Waals surface area contributed by atoms with E-state index in [0.29, 0.717) is 17.9 Å². The summed E-state index contributed by atoms with van der Waals surface area (Å²) in [6.07, 6.45) is 4.19. The first-order valence-corrected chi connectivity index (χ1v) is 10.1. The number of nitrogens with two attached hydrogens (primary N) is 1. The number of carbonyl (C=O) groups is 2. The number of amides is 2. The van der Waals surface area contributed by atoms with Gasteiger partial charge in [0.05, 0.1) is 5.69 Å². The van der Waals surface area contributed by atoms with E-state index in [9.17, 15) is 9.59 Å². The molecule has 0 saturated heterocycles. The van der Waals surface area contributed by atoms with Crippen LogP contribution in [0.4, 0.5) is 0 Å². The van der Waals surface area contributed by atoms with E-state index in [2.05, 4.69) is 15.4 Å². The van der Waals surface area contributed by atoms with Gasteiger partial charge in [0, 0.05) is 23.4 Å². The van der Waals surface area contributed by atoms with Crippen molar-refractivity contribution < 1.29 is 9.59 Å². The predicted octanol–water partition coefficient (Wildman–Crippen LogP) is 2.91. The molecule has 8 heteroatoms. The van der Waals surface area contributed by atoms with E-state index in [0.717, 1.165) is 16.8 Å². The third-order valence-corrected chi connectivity index (χ3v) is 5.36. The molecule has 0 bridgehead atoms. The Labute approximate surface area is 180 Å². The van der Waals surface area contributed by atoms with Crippen molar-refractivity contribution in [3.8, 4) is 5.69 Å². The van der Waals surface area contributed by atoms with Crippen molar-refractivity contribution in [1.29, 1.82) is 0 Å². The number of nitrogens with one attached hydrogen (secondary N) is 1. The molecule has 3 aromatic rings. The standard InChI is InChI=1S/C22H24ClN5O2/c1-15(19(21(24)29)9-7-16-5-3-2-4-6-16)22(30)26-12-17-11-18(23)8-10-20(17)28-14-25-13-27-28/h2-6,8,10-11,13-15,19H,7,9,12H2,1H3,(H2,24,29)(H,26,30)/t15-,19?/m0/s1. The number of primary amides is 1. The Hall–Kier alpha value is -3.19. The second-order valence-electron chi connectivity index (χ2n) is 7.15. The van der Waals surface area contributed by atoms with Crippen LogP contribution in [0.2, 0.25) is 5.02 Å². The normalized spacial score (nSPS) is 12.9. The summed E-state index contributed by atoms with van der Waals surface area (Å²) in [5, 5.41) is 7.58. The molecule has 0 aliphatic carbocycles. The van der Waals surface area contributed by atoms with Crippen molar-refractivity contribution in [3.05, 3.63) is 77.3 Å². The fourth-order valence-electron chi connectivity index (χ4n) is 3.38. The lowest BCUT2D eigenvalue weighted by molar-refractivity contribution is -0.133. The van der Waals surface area contributed by atoms with Crippen molar-refractivity contribution in [2.75, 3.05) is 0 Å². The molecule has 0 fully saturated rings. The van der Waals surface area contributed by atoms with Crippen LogP contribution >= 0.6 is 11.6 Å². The maximum atomic E-state index is 12.8. The van der Waals surface area contributed by atoms with Crippen molar-refractivity contribution in [1.82, 2.24) is 20.1 Å². The van der Waals surface area contributed by atoms with Crippen LogP contribution < -0.4 is 11.1 Å². The quantitative estimate of drug-likeness (QED) is 0.550. The van der Waals surface area contributed by atoms with Gasteiger partial charge in [-0.3, -0.25) is 9.59 Å². The van der Waals surface area contributed by atoms with Crippen molar-refractivity contribution in [3.63, 3.8) is 0 Å². The van der Waals surface area contributed by atoms with Crippen LogP contribution in [0.1, 0.15) is 24.5 Å². The minimum Gasteiger partial charge on any atom is -0.369 e. The second kappa shape index (κ2) is 10.0. The molecule has 0 saturated carbocycles. The zero-order chi connectivity index (χ0) is 21.5. The van der Waals surface area contributed by atoms with Crippen LogP contribution in [-0.4, -0.2) is 26.6 Å². The van der Waals surface area contributed by atoms with Crippen LogP contribution in [0.25, 0.3) is 5.69 Å². The highest BCUT2D eigenvalue weighted by Crippen LogP contribution is 2.21. The number of hydrogen-bond acceptors (Lipinski definition) is 4. The predicted molar refractivity (Wildman–Crippen MR) is 115 cm³/mol. The first kappa shape index (κ1) is 21.5. The van der Waals surface area contributed by atoms with Gasteiger partial charge in [-0.2, -0.15) is 5.10 Å². The summed E-state index contributed by atoms with van der Waals surface area (Å²) in [4.78, 5) is 28.7. The third-order valence-electron chi connectivity index (χ3n) is 5.13. The number of halogens is 1. The number of benzene rings is 2. The Bertz CT molecular complexity index is 992. The van der Waals surface area contributed by atoms with Gasteiger partial charge in [0.1, 0.15) is 12.7 Å². The number of aromatic nitrogens is 3. The van der Waals surface area contributed by atoms with Gasteiger partial charge in [-0.15, -0.1) is 0 Å². The lowest BCUT2D eigenvalue weighted by Crippen LogP contribution is -2.39. The Morgan fingerprint density at radius 2 is 1.97 bits per heavy atom. The smallest absolute Gasteiger partial charge is 0.223 e. The van der Waals surface area contributed by atoms with Crippen molar-refractivity contribution in [2.24, 2.45) is 17.6 Å². The Morgan fingerprint density at radius 3 is 2.63 bits per heavy atom. The van der Waals surface area contributed by atoms with E-state index in [1.165, 1.54) is 6.33 Å². The minimum absolute atomic E-state index is 0.239. The maximum Gasteiger partial charge on any atom is 0.223 e. The summed E-state index contributed by atoms with van der Waals surface area (Å²) in [7, 11) is 0. The lowest BCUT2D eigenvalue weighted by atomic mass is 9.87. The summed E-state index contributed by atoms with van der Waals surface area (Å²) in [5.74, 6) is -1.82. The van der Waals surface area contributed by atoms with E-state index >= 15 is 0 Å². The van der Waals surface area contributed by atoms with Gasteiger partial charge in [0.25, 0.3) is 0 Å². The van der Waals surface area contributed by atoms with Gasteiger partial charge in [0.2, 0.25) is 11.8 Å². The Morgan fingerprint density at radius 1 is 1.20 bits per heavy atom. The average molecular weight is 426 g/mol. The molecule has 7 nitrogen and oxygen atoms in total. The summed E-state index contributed by atoms with van der Waals surface area (Å²) in [6, 6.07) is 15.2. The molecule has 2 atom stereocenters. The van der Waals surface area contributed by atoms with Crippen LogP contribution in [0.15, 0.2) is 61.2 Å². The van der Waals surface area contributed by atoms with Crippen LogP contribution in [0, 0.1) is 11.8 Å². The molecule has 0 aliphatic rings. The highest BCUT2D eigenvalue weighted by atomic mass is 35.5. The van der Waals surface area contributed by atoms with Crippen molar-refractivity contribution >= 4 is 23.4 Å². The number of rotatable bonds is 9. The number of nitrogens with zero attached hydrogens (tertiary/aromatic N) is 3. The molecule has 3 N–H and O–H groups in total. The number of aryl methyl sites for hydroxylation is 1. The van der Waals surface area contributed by atoms with Gasteiger partial charge in [-0.1, -0.05) is 48.9 Å². The molecule has 1 unspecified atom stereocenters. The van der Waals surface area contributed by atoms with Gasteiger partial charge < -0.3 is 11.1 Å². The van der Waals surface area contributed by atoms with E-state index in [-0.39, 0.29) is 12.5 Å². The highest BCUT2D eigenvalue weighted by molar-refractivity contribution is 6.30. The first-order chi connectivity index (χ1) is 14.5. The molecular weight excluding hydrogens is 402 g/mol. The number of hydrogen-bond donors (Lipinski definition) is 2. The third kappa shape index (κ3) is 5.45. The average Bonchev–Trinajstić information content (AvgIpc) is 3.27. The monoisotopic (exact) mass is 425 g/mol. The van der Waals surface area contributed by atoms with Crippen molar-refractivity contribution in [2.45, 2.75) is 26.3 Å². The SMILES string of the molecule is C[C@H](C(=O)NCc1cc(Cl)ccc1-n1cncn1)C(CCc1ccccc1)C(N)=O. The maximum absolute atomic E-state index is 12.8. The summed E-state index contributed by atoms with van der Waals surface area (Å²) in [5.41, 5.74) is 8.25. The molecule has 0 aliphatic heterocycles. The molecule has 3 rings (SSSR count). The summed E-state index contributed by atoms with van der Waals surface area (Å²) < 4.78 is 1.60. The molecule has 2 amide bonds. The van der Waals surface area contributed by atoms with Gasteiger partial charge in [-0.05, 0) is 42.2 Å². The van der Waals surface area contributed by atoms with Gasteiger partial charge in [-0.25, -0.2) is 9.67 Å². The van der Waals surface area contributed by atoms with Crippen LogP contribution in [-0.2, 0) is 22.6 Å². The topological polar surface area (TPSA) is 103 Å². The molecule has 30 heavy (non-hydrogen) atoms. The van der Waals surface area contributed by atoms with Crippen LogP contribution in [0.5, 0.6) is 0 Å².